The Morgan fingerprint density at radius 1 is 1.60 bits per heavy atom. The normalized spacial score (nSPS) is 14.1. The summed E-state index contributed by atoms with van der Waals surface area (Å²) in [6, 6.07) is 5.49. The molecule has 76 valence electrons. The van der Waals surface area contributed by atoms with Crippen molar-refractivity contribution in [1.29, 1.82) is 0 Å². The Morgan fingerprint density at radius 3 is 3.13 bits per heavy atom. The second-order valence-corrected chi connectivity index (χ2v) is 4.00. The standard InChI is InChI=1S/C11H8BrNO2/c1-2-5-13-9-4-3-8(12)6-10(9)15-7-11(13)14/h1,3-4,6H,5,7H2. The first-order chi connectivity index (χ1) is 7.22. The van der Waals surface area contributed by atoms with Gasteiger partial charge in [0.2, 0.25) is 0 Å². The van der Waals surface area contributed by atoms with Crippen molar-refractivity contribution in [2.45, 2.75) is 0 Å². The van der Waals surface area contributed by atoms with Crippen molar-refractivity contribution in [3.63, 3.8) is 0 Å². The van der Waals surface area contributed by atoms with Gasteiger partial charge in [-0.05, 0) is 18.2 Å². The third-order valence-electron chi connectivity index (χ3n) is 2.11. The van der Waals surface area contributed by atoms with Crippen LogP contribution < -0.4 is 9.64 Å². The van der Waals surface area contributed by atoms with Crippen LogP contribution in [0, 0.1) is 12.3 Å². The second-order valence-electron chi connectivity index (χ2n) is 3.08. The van der Waals surface area contributed by atoms with E-state index < -0.39 is 0 Å². The number of ether oxygens (including phenoxy) is 1. The average Bonchev–Trinajstić information content (AvgIpc) is 2.22. The van der Waals surface area contributed by atoms with Crippen LogP contribution in [0.15, 0.2) is 22.7 Å². The minimum atomic E-state index is -0.109. The first-order valence-electron chi connectivity index (χ1n) is 4.38. The van der Waals surface area contributed by atoms with Gasteiger partial charge < -0.3 is 4.74 Å². The Kier molecular flexibility index (Phi) is 2.65. The number of halogens is 1. The van der Waals surface area contributed by atoms with Crippen molar-refractivity contribution < 1.29 is 9.53 Å². The van der Waals surface area contributed by atoms with Crippen LogP contribution in [0.25, 0.3) is 0 Å². The van der Waals surface area contributed by atoms with E-state index >= 15 is 0 Å². The molecule has 15 heavy (non-hydrogen) atoms. The monoisotopic (exact) mass is 265 g/mol. The minimum Gasteiger partial charge on any atom is -0.482 e. The molecule has 0 aromatic heterocycles. The fourth-order valence-electron chi connectivity index (χ4n) is 1.44. The van der Waals surface area contributed by atoms with Gasteiger partial charge in [-0.2, -0.15) is 0 Å². The maximum Gasteiger partial charge on any atom is 0.265 e. The highest BCUT2D eigenvalue weighted by Crippen LogP contribution is 2.34. The Balaban J connectivity index is 2.44. The third-order valence-corrected chi connectivity index (χ3v) is 2.61. The molecular weight excluding hydrogens is 258 g/mol. The highest BCUT2D eigenvalue weighted by Gasteiger charge is 2.24. The summed E-state index contributed by atoms with van der Waals surface area (Å²) in [6.07, 6.45) is 5.21. The lowest BCUT2D eigenvalue weighted by molar-refractivity contribution is -0.121. The van der Waals surface area contributed by atoms with Crippen molar-refractivity contribution in [1.82, 2.24) is 0 Å². The number of amides is 1. The molecule has 0 saturated heterocycles. The van der Waals surface area contributed by atoms with Crippen LogP contribution >= 0.6 is 15.9 Å². The summed E-state index contributed by atoms with van der Waals surface area (Å²) in [5.41, 5.74) is 0.729. The molecule has 3 nitrogen and oxygen atoms in total. The second kappa shape index (κ2) is 3.95. The van der Waals surface area contributed by atoms with Crippen molar-refractivity contribution in [3.8, 4) is 18.1 Å². The number of rotatable bonds is 1. The van der Waals surface area contributed by atoms with Gasteiger partial charge in [-0.1, -0.05) is 21.9 Å². The maximum atomic E-state index is 11.5. The zero-order valence-electron chi connectivity index (χ0n) is 7.87. The summed E-state index contributed by atoms with van der Waals surface area (Å²) in [5.74, 6) is 3.03. The SMILES string of the molecule is C#CCN1C(=O)COc2cc(Br)ccc21. The average molecular weight is 266 g/mol. The molecule has 0 unspecified atom stereocenters. The van der Waals surface area contributed by atoms with E-state index in [-0.39, 0.29) is 19.1 Å². The van der Waals surface area contributed by atoms with Gasteiger partial charge in [-0.15, -0.1) is 6.42 Å². The number of nitrogens with zero attached hydrogens (tertiary/aromatic N) is 1. The van der Waals surface area contributed by atoms with E-state index in [1.165, 1.54) is 0 Å². The highest BCUT2D eigenvalue weighted by molar-refractivity contribution is 9.10. The Hall–Kier alpha value is -1.47. The van der Waals surface area contributed by atoms with Crippen molar-refractivity contribution in [3.05, 3.63) is 22.7 Å². The van der Waals surface area contributed by atoms with E-state index in [4.69, 9.17) is 11.2 Å². The van der Waals surface area contributed by atoms with Gasteiger partial charge in [0.05, 0.1) is 12.2 Å². The smallest absolute Gasteiger partial charge is 0.265 e. The molecule has 0 N–H and O–H groups in total. The lowest BCUT2D eigenvalue weighted by Crippen LogP contribution is -2.38. The van der Waals surface area contributed by atoms with Gasteiger partial charge in [0.25, 0.3) is 5.91 Å². The molecule has 4 heteroatoms. The van der Waals surface area contributed by atoms with Crippen molar-refractivity contribution in [2.24, 2.45) is 0 Å². The number of carbonyl (C=O) groups is 1. The fourth-order valence-corrected chi connectivity index (χ4v) is 1.78. The number of anilines is 1. The number of benzene rings is 1. The molecular formula is C11H8BrNO2. The molecule has 1 aromatic carbocycles. The predicted molar refractivity (Wildman–Crippen MR) is 60.8 cm³/mol. The van der Waals surface area contributed by atoms with Crippen LogP contribution in [0.4, 0.5) is 5.69 Å². The molecule has 0 spiro atoms. The van der Waals surface area contributed by atoms with E-state index in [0.717, 1.165) is 10.2 Å². The van der Waals surface area contributed by atoms with Crippen LogP contribution in [0.2, 0.25) is 0 Å². The summed E-state index contributed by atoms with van der Waals surface area (Å²) in [5, 5.41) is 0. The van der Waals surface area contributed by atoms with Crippen LogP contribution in [0.3, 0.4) is 0 Å². The fraction of sp³-hybridized carbons (Fsp3) is 0.182. The van der Waals surface area contributed by atoms with Crippen molar-refractivity contribution >= 4 is 27.5 Å². The molecule has 0 aliphatic carbocycles. The molecule has 2 rings (SSSR count). The molecule has 1 heterocycles. The number of terminal acetylenes is 1. The number of hydrogen-bond donors (Lipinski definition) is 0. The highest BCUT2D eigenvalue weighted by atomic mass is 79.9. The molecule has 0 radical (unpaired) electrons. The molecule has 1 aromatic rings. The molecule has 1 aliphatic heterocycles. The summed E-state index contributed by atoms with van der Waals surface area (Å²) in [4.78, 5) is 13.1. The Labute approximate surface area is 96.2 Å². The van der Waals surface area contributed by atoms with Crippen LogP contribution in [0.1, 0.15) is 0 Å². The molecule has 1 amide bonds. The van der Waals surface area contributed by atoms with Crippen LogP contribution in [-0.4, -0.2) is 19.1 Å². The summed E-state index contributed by atoms with van der Waals surface area (Å²) in [6.45, 7) is 0.321. The summed E-state index contributed by atoms with van der Waals surface area (Å²) in [7, 11) is 0. The van der Waals surface area contributed by atoms with Gasteiger partial charge in [0.1, 0.15) is 5.75 Å². The number of hydrogen-bond acceptors (Lipinski definition) is 2. The topological polar surface area (TPSA) is 29.5 Å². The number of carbonyl (C=O) groups excluding carboxylic acids is 1. The molecule has 0 fully saturated rings. The predicted octanol–water partition coefficient (Wildman–Crippen LogP) is 1.81. The van der Waals surface area contributed by atoms with E-state index in [1.807, 2.05) is 18.2 Å². The minimum absolute atomic E-state index is 0.0468. The van der Waals surface area contributed by atoms with Gasteiger partial charge in [-0.25, -0.2) is 0 Å². The van der Waals surface area contributed by atoms with Crippen LogP contribution in [-0.2, 0) is 4.79 Å². The zero-order valence-corrected chi connectivity index (χ0v) is 9.45. The number of fused-ring (bicyclic) bond motifs is 1. The third kappa shape index (κ3) is 1.83. The molecule has 1 aliphatic rings. The van der Waals surface area contributed by atoms with Crippen molar-refractivity contribution in [2.75, 3.05) is 18.1 Å². The molecule has 0 atom stereocenters. The summed E-state index contributed by atoms with van der Waals surface area (Å²) >= 11 is 3.34. The Morgan fingerprint density at radius 2 is 2.40 bits per heavy atom. The van der Waals surface area contributed by atoms with E-state index in [0.29, 0.717) is 5.75 Å². The van der Waals surface area contributed by atoms with E-state index in [1.54, 1.807) is 4.90 Å². The van der Waals surface area contributed by atoms with E-state index in [2.05, 4.69) is 21.9 Å². The molecule has 0 bridgehead atoms. The quantitative estimate of drug-likeness (QED) is 0.725. The largest absolute Gasteiger partial charge is 0.482 e. The maximum absolute atomic E-state index is 11.5. The van der Waals surface area contributed by atoms with E-state index in [9.17, 15) is 4.79 Å². The van der Waals surface area contributed by atoms with Gasteiger partial charge in [0, 0.05) is 4.47 Å². The van der Waals surface area contributed by atoms with Gasteiger partial charge in [-0.3, -0.25) is 9.69 Å². The lowest BCUT2D eigenvalue weighted by atomic mass is 10.2. The lowest BCUT2D eigenvalue weighted by Gasteiger charge is -2.27. The summed E-state index contributed by atoms with van der Waals surface area (Å²) < 4.78 is 6.22. The van der Waals surface area contributed by atoms with Crippen LogP contribution in [0.5, 0.6) is 5.75 Å². The first-order valence-corrected chi connectivity index (χ1v) is 5.18. The zero-order chi connectivity index (χ0) is 10.8. The molecule has 0 saturated carbocycles. The van der Waals surface area contributed by atoms with Gasteiger partial charge >= 0.3 is 0 Å². The first kappa shape index (κ1) is 10.1. The Bertz CT molecular complexity index is 450. The van der Waals surface area contributed by atoms with Gasteiger partial charge in [0.15, 0.2) is 6.61 Å².